The fourth-order valence-electron chi connectivity index (χ4n) is 3.83. The molecule has 1 aliphatic rings. The molecule has 0 bridgehead atoms. The lowest BCUT2D eigenvalue weighted by molar-refractivity contribution is 0.259. The molecular weight excluding hydrogens is 426 g/mol. The van der Waals surface area contributed by atoms with Gasteiger partial charge in [0, 0.05) is 35.8 Å². The van der Waals surface area contributed by atoms with Crippen molar-refractivity contribution in [3.63, 3.8) is 0 Å². The van der Waals surface area contributed by atoms with Crippen LogP contribution in [0.3, 0.4) is 0 Å². The molecule has 1 unspecified atom stereocenters. The quantitative estimate of drug-likeness (QED) is 0.500. The first-order valence-corrected chi connectivity index (χ1v) is 11.2. The smallest absolute Gasteiger partial charge is 0.163 e. The average molecular weight is 455 g/mol. The van der Waals surface area contributed by atoms with Crippen LogP contribution in [0.4, 0.5) is 4.39 Å². The number of nitrogens with one attached hydrogen (secondary N) is 1. The van der Waals surface area contributed by atoms with Gasteiger partial charge in [-0.25, -0.2) is 4.39 Å². The summed E-state index contributed by atoms with van der Waals surface area (Å²) in [6.07, 6.45) is 2.48. The highest BCUT2D eigenvalue weighted by Crippen LogP contribution is 2.35. The van der Waals surface area contributed by atoms with Gasteiger partial charge in [-0.05, 0) is 56.6 Å². The number of benzene rings is 2. The first-order chi connectivity index (χ1) is 14.5. The molecule has 3 rings (SSSR count). The summed E-state index contributed by atoms with van der Waals surface area (Å²) in [7, 11) is 0. The molecule has 1 aliphatic heterocycles. The summed E-state index contributed by atoms with van der Waals surface area (Å²) in [5.41, 5.74) is 1.25. The zero-order chi connectivity index (χ0) is 21.5. The van der Waals surface area contributed by atoms with E-state index in [4.69, 9.17) is 32.7 Å². The van der Waals surface area contributed by atoms with Gasteiger partial charge in [0.2, 0.25) is 0 Å². The highest BCUT2D eigenvalue weighted by Gasteiger charge is 2.22. The molecule has 4 nitrogen and oxygen atoms in total. The number of rotatable bonds is 10. The molecule has 1 N–H and O–H groups in total. The zero-order valence-electron chi connectivity index (χ0n) is 17.5. The summed E-state index contributed by atoms with van der Waals surface area (Å²) < 4.78 is 25.6. The van der Waals surface area contributed by atoms with Crippen molar-refractivity contribution in [1.82, 2.24) is 10.2 Å². The summed E-state index contributed by atoms with van der Waals surface area (Å²) in [6, 6.07) is 8.76. The first kappa shape index (κ1) is 23.1. The molecule has 0 amide bonds. The fourth-order valence-corrected chi connectivity index (χ4v) is 4.27. The Hall–Kier alpha value is -1.53. The number of hydrogen-bond donors (Lipinski definition) is 1. The van der Waals surface area contributed by atoms with Gasteiger partial charge >= 0.3 is 0 Å². The van der Waals surface area contributed by atoms with Crippen LogP contribution in [0.1, 0.15) is 37.8 Å². The van der Waals surface area contributed by atoms with Crippen LogP contribution in [0, 0.1) is 5.82 Å². The van der Waals surface area contributed by atoms with Crippen LogP contribution in [0.15, 0.2) is 30.3 Å². The van der Waals surface area contributed by atoms with E-state index in [0.717, 1.165) is 18.7 Å². The van der Waals surface area contributed by atoms with E-state index in [1.807, 2.05) is 13.0 Å². The molecule has 2 aromatic carbocycles. The second kappa shape index (κ2) is 11.2. The van der Waals surface area contributed by atoms with E-state index in [1.54, 1.807) is 18.2 Å². The minimum atomic E-state index is -0.402. The topological polar surface area (TPSA) is 33.7 Å². The Morgan fingerprint density at radius 1 is 1.13 bits per heavy atom. The molecule has 0 aromatic heterocycles. The minimum absolute atomic E-state index is 0.00591. The molecule has 2 aromatic rings. The van der Waals surface area contributed by atoms with E-state index in [1.165, 1.54) is 25.5 Å². The van der Waals surface area contributed by atoms with Crippen LogP contribution in [0.25, 0.3) is 0 Å². The van der Waals surface area contributed by atoms with Crippen LogP contribution >= 0.6 is 23.2 Å². The van der Waals surface area contributed by atoms with Crippen molar-refractivity contribution in [3.8, 4) is 11.5 Å². The maximum absolute atomic E-state index is 14.0. The number of halogens is 3. The van der Waals surface area contributed by atoms with Crippen molar-refractivity contribution in [1.29, 1.82) is 0 Å². The van der Waals surface area contributed by atoms with Crippen molar-refractivity contribution < 1.29 is 13.9 Å². The lowest BCUT2D eigenvalue weighted by Crippen LogP contribution is -2.37. The van der Waals surface area contributed by atoms with E-state index in [2.05, 4.69) is 17.1 Å². The SMILES string of the molecule is CCOc1cc(CNCC2CCCN2CC)c(Cl)cc1OCc1c(F)cccc1Cl. The van der Waals surface area contributed by atoms with E-state index in [0.29, 0.717) is 46.3 Å². The van der Waals surface area contributed by atoms with E-state index < -0.39 is 5.82 Å². The Kier molecular flexibility index (Phi) is 8.63. The number of likely N-dealkylation sites (N-methyl/N-ethyl adjacent to an activating group) is 1. The van der Waals surface area contributed by atoms with Gasteiger partial charge in [0.05, 0.1) is 11.6 Å². The Morgan fingerprint density at radius 3 is 2.67 bits per heavy atom. The summed E-state index contributed by atoms with van der Waals surface area (Å²) in [5, 5.41) is 4.43. The lowest BCUT2D eigenvalue weighted by Gasteiger charge is -2.23. The van der Waals surface area contributed by atoms with Gasteiger partial charge in [-0.3, -0.25) is 4.90 Å². The number of likely N-dealkylation sites (tertiary alicyclic amines) is 1. The van der Waals surface area contributed by atoms with E-state index in [9.17, 15) is 4.39 Å². The summed E-state index contributed by atoms with van der Waals surface area (Å²) in [5.74, 6) is 0.653. The normalized spacial score (nSPS) is 16.8. The first-order valence-electron chi connectivity index (χ1n) is 10.5. The zero-order valence-corrected chi connectivity index (χ0v) is 19.0. The minimum Gasteiger partial charge on any atom is -0.490 e. The molecule has 0 saturated carbocycles. The van der Waals surface area contributed by atoms with Gasteiger partial charge in [0.15, 0.2) is 11.5 Å². The third kappa shape index (κ3) is 5.79. The van der Waals surface area contributed by atoms with Crippen LogP contribution in [-0.4, -0.2) is 37.2 Å². The standard InChI is InChI=1S/C23H29Cl2FN2O2/c1-3-28-10-6-7-17(28)14-27-13-16-11-22(29-4-2)23(12-20(16)25)30-15-18-19(24)8-5-9-21(18)26/h5,8-9,11-12,17,27H,3-4,6-7,10,13-15H2,1-2H3. The van der Waals surface area contributed by atoms with Gasteiger partial charge < -0.3 is 14.8 Å². The average Bonchev–Trinajstić information content (AvgIpc) is 3.18. The Balaban J connectivity index is 1.67. The Labute approximate surface area is 188 Å². The second-order valence-electron chi connectivity index (χ2n) is 7.37. The van der Waals surface area contributed by atoms with Crippen molar-refractivity contribution in [2.75, 3.05) is 26.2 Å². The fraction of sp³-hybridized carbons (Fsp3) is 0.478. The highest BCUT2D eigenvalue weighted by molar-refractivity contribution is 6.31. The Morgan fingerprint density at radius 2 is 1.93 bits per heavy atom. The maximum Gasteiger partial charge on any atom is 0.163 e. The van der Waals surface area contributed by atoms with Crippen molar-refractivity contribution in [3.05, 3.63) is 57.3 Å². The molecule has 1 fully saturated rings. The van der Waals surface area contributed by atoms with Crippen LogP contribution < -0.4 is 14.8 Å². The molecule has 0 aliphatic carbocycles. The number of ether oxygens (including phenoxy) is 2. The maximum atomic E-state index is 14.0. The molecule has 0 radical (unpaired) electrons. The molecule has 1 saturated heterocycles. The summed E-state index contributed by atoms with van der Waals surface area (Å²) in [6.45, 7) is 8.42. The molecule has 30 heavy (non-hydrogen) atoms. The van der Waals surface area contributed by atoms with Crippen molar-refractivity contribution >= 4 is 23.2 Å². The van der Waals surface area contributed by atoms with Gasteiger partial charge in [-0.2, -0.15) is 0 Å². The van der Waals surface area contributed by atoms with Crippen molar-refractivity contribution in [2.45, 2.75) is 45.9 Å². The van der Waals surface area contributed by atoms with Crippen LogP contribution in [-0.2, 0) is 13.2 Å². The third-order valence-corrected chi connectivity index (χ3v) is 6.15. The highest BCUT2D eigenvalue weighted by atomic mass is 35.5. The predicted molar refractivity (Wildman–Crippen MR) is 120 cm³/mol. The Bertz CT molecular complexity index is 830. The van der Waals surface area contributed by atoms with Crippen molar-refractivity contribution in [2.24, 2.45) is 0 Å². The van der Waals surface area contributed by atoms with Gasteiger partial charge in [0.25, 0.3) is 0 Å². The lowest BCUT2D eigenvalue weighted by atomic mass is 10.1. The monoisotopic (exact) mass is 454 g/mol. The largest absolute Gasteiger partial charge is 0.490 e. The molecule has 7 heteroatoms. The van der Waals surface area contributed by atoms with Crippen LogP contribution in [0.2, 0.25) is 10.0 Å². The molecule has 164 valence electrons. The van der Waals surface area contributed by atoms with Gasteiger partial charge in [-0.15, -0.1) is 0 Å². The number of hydrogen-bond acceptors (Lipinski definition) is 4. The van der Waals surface area contributed by atoms with Gasteiger partial charge in [0.1, 0.15) is 12.4 Å². The molecular formula is C23H29Cl2FN2O2. The third-order valence-electron chi connectivity index (χ3n) is 5.45. The van der Waals surface area contributed by atoms with Crippen LogP contribution in [0.5, 0.6) is 11.5 Å². The second-order valence-corrected chi connectivity index (χ2v) is 8.18. The summed E-state index contributed by atoms with van der Waals surface area (Å²) in [4.78, 5) is 2.50. The van der Waals surface area contributed by atoms with E-state index >= 15 is 0 Å². The van der Waals surface area contributed by atoms with E-state index in [-0.39, 0.29) is 6.61 Å². The number of nitrogens with zero attached hydrogens (tertiary/aromatic N) is 1. The molecule has 1 atom stereocenters. The molecule has 0 spiro atoms. The summed E-state index contributed by atoms with van der Waals surface area (Å²) >= 11 is 12.6. The predicted octanol–water partition coefficient (Wildman–Crippen LogP) is 5.68. The molecule has 1 heterocycles. The van der Waals surface area contributed by atoms with Gasteiger partial charge in [-0.1, -0.05) is 36.2 Å².